The van der Waals surface area contributed by atoms with Crippen LogP contribution in [0.25, 0.3) is 0 Å². The van der Waals surface area contributed by atoms with Gasteiger partial charge in [-0.1, -0.05) is 51.1 Å². The molecule has 0 spiro atoms. The van der Waals surface area contributed by atoms with E-state index < -0.39 is 17.7 Å². The molecule has 0 aliphatic carbocycles. The summed E-state index contributed by atoms with van der Waals surface area (Å²) >= 11 is 0. The number of alkyl carbamates (subject to hydrolysis) is 1. The van der Waals surface area contributed by atoms with E-state index in [4.69, 9.17) is 14.5 Å². The SMILES string of the molecule is CCOC(=O)NC(=NC(CC(C)(C)C)C(=O)N(C(C)c1ccccc1)C1(C#N)CCNC1)N1CCOCC1. The number of guanidine groups is 1. The zero-order valence-electron chi connectivity index (χ0n) is 23.3. The molecule has 0 radical (unpaired) electrons. The number of nitrogens with one attached hydrogen (secondary N) is 2. The minimum Gasteiger partial charge on any atom is -0.450 e. The molecule has 38 heavy (non-hydrogen) atoms. The minimum absolute atomic E-state index is 0.215. The number of hydrogen-bond acceptors (Lipinski definition) is 7. The summed E-state index contributed by atoms with van der Waals surface area (Å²) in [5.41, 5.74) is -0.316. The molecule has 10 heteroatoms. The Morgan fingerprint density at radius 3 is 2.53 bits per heavy atom. The number of nitriles is 1. The topological polar surface area (TPSA) is 119 Å². The van der Waals surface area contributed by atoms with Crippen LogP contribution >= 0.6 is 0 Å². The van der Waals surface area contributed by atoms with Crippen LogP contribution in [0.2, 0.25) is 0 Å². The van der Waals surface area contributed by atoms with E-state index in [0.29, 0.717) is 52.2 Å². The lowest BCUT2D eigenvalue weighted by Crippen LogP contribution is -2.57. The number of carbonyl (C=O) groups excluding carboxylic acids is 2. The van der Waals surface area contributed by atoms with Crippen molar-refractivity contribution in [2.24, 2.45) is 10.4 Å². The summed E-state index contributed by atoms with van der Waals surface area (Å²) in [5.74, 6) is 0.0511. The van der Waals surface area contributed by atoms with Gasteiger partial charge in [0.25, 0.3) is 0 Å². The molecule has 0 saturated carbocycles. The van der Waals surface area contributed by atoms with Gasteiger partial charge in [-0.3, -0.25) is 10.1 Å². The maximum absolute atomic E-state index is 14.6. The van der Waals surface area contributed by atoms with Crippen molar-refractivity contribution in [3.8, 4) is 6.07 Å². The predicted molar refractivity (Wildman–Crippen MR) is 145 cm³/mol. The fraction of sp³-hybridized carbons (Fsp3) is 0.643. The second-order valence-corrected chi connectivity index (χ2v) is 11.0. The van der Waals surface area contributed by atoms with Crippen LogP contribution in [0.4, 0.5) is 4.79 Å². The molecule has 0 bridgehead atoms. The fourth-order valence-electron chi connectivity index (χ4n) is 4.99. The molecular formula is C28H42N6O4. The average molecular weight is 527 g/mol. The lowest BCUT2D eigenvalue weighted by atomic mass is 9.86. The third-order valence-electron chi connectivity index (χ3n) is 6.88. The summed E-state index contributed by atoms with van der Waals surface area (Å²) in [4.78, 5) is 35.5. The predicted octanol–water partition coefficient (Wildman–Crippen LogP) is 3.07. The first-order valence-electron chi connectivity index (χ1n) is 13.4. The summed E-state index contributed by atoms with van der Waals surface area (Å²) in [6.07, 6.45) is 0.329. The van der Waals surface area contributed by atoms with Gasteiger partial charge in [0.15, 0.2) is 0 Å². The number of aliphatic imine (C=N–C) groups is 1. The summed E-state index contributed by atoms with van der Waals surface area (Å²) in [6.45, 7) is 13.1. The van der Waals surface area contributed by atoms with Crippen molar-refractivity contribution >= 4 is 18.0 Å². The smallest absolute Gasteiger partial charge is 0.413 e. The van der Waals surface area contributed by atoms with Crippen LogP contribution in [-0.4, -0.2) is 85.3 Å². The van der Waals surface area contributed by atoms with Crippen molar-refractivity contribution in [2.75, 3.05) is 46.0 Å². The number of hydrogen-bond donors (Lipinski definition) is 2. The zero-order chi connectivity index (χ0) is 27.8. The maximum atomic E-state index is 14.6. The molecule has 2 aliphatic rings. The van der Waals surface area contributed by atoms with E-state index in [1.165, 1.54) is 0 Å². The van der Waals surface area contributed by atoms with Crippen molar-refractivity contribution in [1.82, 2.24) is 20.4 Å². The normalized spacial score (nSPS) is 21.8. The van der Waals surface area contributed by atoms with Crippen molar-refractivity contribution in [3.05, 3.63) is 35.9 Å². The zero-order valence-corrected chi connectivity index (χ0v) is 23.3. The number of ether oxygens (including phenoxy) is 2. The Hall–Kier alpha value is -3.16. The Labute approximate surface area is 226 Å². The highest BCUT2D eigenvalue weighted by molar-refractivity contribution is 5.96. The average Bonchev–Trinajstić information content (AvgIpc) is 3.38. The van der Waals surface area contributed by atoms with E-state index in [2.05, 4.69) is 37.5 Å². The molecular weight excluding hydrogens is 484 g/mol. The molecule has 2 saturated heterocycles. The standard InChI is InChI=1S/C28H42N6O4/c1-6-38-26(36)32-25(33-14-16-37-17-15-33)31-23(18-27(3,4)5)24(35)34(28(19-29)12-13-30-20-28)21(2)22-10-8-7-9-11-22/h7-11,21,23,30H,6,12-18,20H2,1-5H3,(H,31,32,36). The monoisotopic (exact) mass is 526 g/mol. The van der Waals surface area contributed by atoms with Gasteiger partial charge < -0.3 is 24.6 Å². The highest BCUT2D eigenvalue weighted by Crippen LogP contribution is 2.35. The molecule has 0 aromatic heterocycles. The van der Waals surface area contributed by atoms with Crippen LogP contribution in [0.3, 0.4) is 0 Å². The quantitative estimate of drug-likeness (QED) is 0.414. The Balaban J connectivity index is 2.08. The van der Waals surface area contributed by atoms with Crippen molar-refractivity contribution in [2.45, 2.75) is 65.1 Å². The molecule has 1 aromatic carbocycles. The number of rotatable bonds is 7. The number of benzene rings is 1. The van der Waals surface area contributed by atoms with Gasteiger partial charge >= 0.3 is 6.09 Å². The Morgan fingerprint density at radius 2 is 1.97 bits per heavy atom. The highest BCUT2D eigenvalue weighted by Gasteiger charge is 2.47. The Kier molecular flexibility index (Phi) is 10.1. The van der Waals surface area contributed by atoms with Crippen molar-refractivity contribution < 1.29 is 19.1 Å². The molecule has 2 fully saturated rings. The van der Waals surface area contributed by atoms with Gasteiger partial charge in [0.1, 0.15) is 11.6 Å². The van der Waals surface area contributed by atoms with Gasteiger partial charge in [-0.2, -0.15) is 5.26 Å². The lowest BCUT2D eigenvalue weighted by Gasteiger charge is -2.42. The number of carbonyl (C=O) groups is 2. The molecule has 2 N–H and O–H groups in total. The Bertz CT molecular complexity index is 1000. The van der Waals surface area contributed by atoms with Crippen LogP contribution in [0, 0.1) is 16.7 Å². The highest BCUT2D eigenvalue weighted by atomic mass is 16.5. The van der Waals surface area contributed by atoms with E-state index in [1.54, 1.807) is 11.8 Å². The molecule has 208 valence electrons. The van der Waals surface area contributed by atoms with Gasteiger partial charge in [0, 0.05) is 19.6 Å². The molecule has 2 amide bonds. The van der Waals surface area contributed by atoms with Gasteiger partial charge in [-0.25, -0.2) is 9.79 Å². The fourth-order valence-corrected chi connectivity index (χ4v) is 4.99. The first-order valence-corrected chi connectivity index (χ1v) is 13.4. The molecule has 3 unspecified atom stereocenters. The van der Waals surface area contributed by atoms with E-state index in [1.807, 2.05) is 42.2 Å². The molecule has 2 aliphatic heterocycles. The summed E-state index contributed by atoms with van der Waals surface area (Å²) in [7, 11) is 0. The molecule has 1 aromatic rings. The third-order valence-corrected chi connectivity index (χ3v) is 6.88. The van der Waals surface area contributed by atoms with Crippen LogP contribution < -0.4 is 10.6 Å². The van der Waals surface area contributed by atoms with Gasteiger partial charge in [-0.05, 0) is 44.2 Å². The minimum atomic E-state index is -1.01. The van der Waals surface area contributed by atoms with E-state index in [0.717, 1.165) is 5.56 Å². The van der Waals surface area contributed by atoms with Gasteiger partial charge in [0.2, 0.25) is 11.9 Å². The van der Waals surface area contributed by atoms with E-state index in [9.17, 15) is 14.9 Å². The van der Waals surface area contributed by atoms with Crippen LogP contribution in [-0.2, 0) is 14.3 Å². The van der Waals surface area contributed by atoms with Crippen LogP contribution in [0.1, 0.15) is 59.1 Å². The molecule has 10 nitrogen and oxygen atoms in total. The first-order chi connectivity index (χ1) is 18.1. The Morgan fingerprint density at radius 1 is 1.29 bits per heavy atom. The molecule has 3 rings (SSSR count). The summed E-state index contributed by atoms with van der Waals surface area (Å²) < 4.78 is 10.6. The maximum Gasteiger partial charge on any atom is 0.413 e. The lowest BCUT2D eigenvalue weighted by molar-refractivity contribution is -0.140. The second-order valence-electron chi connectivity index (χ2n) is 11.0. The second kappa shape index (κ2) is 13.1. The van der Waals surface area contributed by atoms with Crippen LogP contribution in [0.15, 0.2) is 35.3 Å². The first kappa shape index (κ1) is 29.4. The number of morpholine rings is 1. The van der Waals surface area contributed by atoms with Crippen molar-refractivity contribution in [1.29, 1.82) is 5.26 Å². The summed E-state index contributed by atoms with van der Waals surface area (Å²) in [5, 5.41) is 16.4. The summed E-state index contributed by atoms with van der Waals surface area (Å²) in [6, 6.07) is 11.0. The van der Waals surface area contributed by atoms with Crippen molar-refractivity contribution in [3.63, 3.8) is 0 Å². The molecule has 2 heterocycles. The largest absolute Gasteiger partial charge is 0.450 e. The molecule has 3 atom stereocenters. The van der Waals surface area contributed by atoms with E-state index >= 15 is 0 Å². The van der Waals surface area contributed by atoms with Gasteiger partial charge in [0.05, 0.1) is 31.9 Å². The van der Waals surface area contributed by atoms with Crippen LogP contribution in [0.5, 0.6) is 0 Å². The van der Waals surface area contributed by atoms with E-state index in [-0.39, 0.29) is 29.9 Å². The number of amides is 2. The van der Waals surface area contributed by atoms with Gasteiger partial charge in [-0.15, -0.1) is 0 Å². The number of nitrogens with zero attached hydrogens (tertiary/aromatic N) is 4. The third kappa shape index (κ3) is 7.45.